The number of rotatable bonds is 7. The number of methoxy groups -OCH3 is 1. The minimum absolute atomic E-state index is 0.0279. The van der Waals surface area contributed by atoms with Crippen LogP contribution >= 0.6 is 0 Å². The highest BCUT2D eigenvalue weighted by Gasteiger charge is 2.28. The number of ether oxygens (including phenoxy) is 1. The summed E-state index contributed by atoms with van der Waals surface area (Å²) in [7, 11) is -3.01. The Bertz CT molecular complexity index is 1120. The molecule has 2 aromatic heterocycles. The van der Waals surface area contributed by atoms with Crippen LogP contribution in [0.2, 0.25) is 0 Å². The summed E-state index contributed by atoms with van der Waals surface area (Å²) in [6.45, 7) is 0. The number of nitrogens with zero attached hydrogens (tertiary/aromatic N) is 3. The van der Waals surface area contributed by atoms with Gasteiger partial charge in [-0.3, -0.25) is 0 Å². The predicted octanol–water partition coefficient (Wildman–Crippen LogP) is 1.91. The summed E-state index contributed by atoms with van der Waals surface area (Å²) >= 11 is 0. The smallest absolute Gasteiger partial charge is 0.241 e. The fraction of sp³-hybridized carbons (Fsp3) is 0.353. The van der Waals surface area contributed by atoms with Gasteiger partial charge < -0.3 is 13.7 Å². The second-order valence-electron chi connectivity index (χ2n) is 6.55. The molecule has 4 rings (SSSR count). The van der Waals surface area contributed by atoms with E-state index in [9.17, 15) is 12.8 Å². The first-order chi connectivity index (χ1) is 13.3. The molecular weight excluding hydrogens is 391 g/mol. The number of primary sulfonamides is 1. The molecule has 0 spiro atoms. The van der Waals surface area contributed by atoms with Gasteiger partial charge >= 0.3 is 0 Å². The normalized spacial score (nSPS) is 14.4. The fourth-order valence-corrected chi connectivity index (χ4v) is 3.58. The first-order valence-corrected chi connectivity index (χ1v) is 10.0. The van der Waals surface area contributed by atoms with Crippen LogP contribution in [0.15, 0.2) is 32.2 Å². The van der Waals surface area contributed by atoms with Crippen molar-refractivity contribution in [1.29, 1.82) is 0 Å². The van der Waals surface area contributed by atoms with Crippen LogP contribution in [0.3, 0.4) is 0 Å². The van der Waals surface area contributed by atoms with E-state index in [-0.39, 0.29) is 12.3 Å². The fourth-order valence-electron chi connectivity index (χ4n) is 2.82. The maximum Gasteiger partial charge on any atom is 0.241 e. The molecule has 2 heterocycles. The van der Waals surface area contributed by atoms with Gasteiger partial charge in [0.2, 0.25) is 15.9 Å². The van der Waals surface area contributed by atoms with Crippen LogP contribution in [-0.2, 0) is 22.9 Å². The molecule has 2 N–H and O–H groups in total. The standard InChI is InChI=1S/C17H17FN4O5S/c1-25-16-12(18)4-9(5-13(16)28(19,23)24)6-15-21-14(22-27-15)7-11-8-20-17(26-11)10-2-3-10/h4-5,8,10H,2-3,6-7H2,1H3,(H2,19,23,24). The van der Waals surface area contributed by atoms with Crippen LogP contribution in [0.25, 0.3) is 0 Å². The largest absolute Gasteiger partial charge is 0.492 e. The lowest BCUT2D eigenvalue weighted by Crippen LogP contribution is -2.15. The van der Waals surface area contributed by atoms with Gasteiger partial charge in [0.15, 0.2) is 23.3 Å². The zero-order valence-corrected chi connectivity index (χ0v) is 15.7. The Morgan fingerprint density at radius 1 is 1.32 bits per heavy atom. The topological polar surface area (TPSA) is 134 Å². The molecule has 1 aliphatic carbocycles. The van der Waals surface area contributed by atoms with Crippen LogP contribution in [0.1, 0.15) is 47.7 Å². The highest BCUT2D eigenvalue weighted by atomic mass is 32.2. The van der Waals surface area contributed by atoms with E-state index in [1.54, 1.807) is 6.20 Å². The van der Waals surface area contributed by atoms with Crippen LogP contribution in [-0.4, -0.2) is 30.7 Å². The third kappa shape index (κ3) is 3.90. The molecule has 9 nitrogen and oxygen atoms in total. The monoisotopic (exact) mass is 408 g/mol. The molecule has 0 aliphatic heterocycles. The molecule has 1 fully saturated rings. The highest BCUT2D eigenvalue weighted by molar-refractivity contribution is 7.89. The highest BCUT2D eigenvalue weighted by Crippen LogP contribution is 2.39. The number of benzene rings is 1. The Morgan fingerprint density at radius 3 is 2.79 bits per heavy atom. The van der Waals surface area contributed by atoms with E-state index in [4.69, 9.17) is 18.8 Å². The van der Waals surface area contributed by atoms with Gasteiger partial charge in [0.25, 0.3) is 0 Å². The molecule has 0 unspecified atom stereocenters. The predicted molar refractivity (Wildman–Crippen MR) is 92.7 cm³/mol. The Balaban J connectivity index is 1.52. The van der Waals surface area contributed by atoms with Gasteiger partial charge in [0, 0.05) is 5.92 Å². The number of sulfonamides is 1. The first kappa shape index (κ1) is 18.6. The minimum Gasteiger partial charge on any atom is -0.492 e. The molecule has 1 aromatic carbocycles. The summed E-state index contributed by atoms with van der Waals surface area (Å²) in [6.07, 6.45) is 4.15. The Morgan fingerprint density at radius 2 is 2.11 bits per heavy atom. The van der Waals surface area contributed by atoms with E-state index >= 15 is 0 Å². The van der Waals surface area contributed by atoms with Crippen molar-refractivity contribution in [3.05, 3.63) is 53.1 Å². The third-order valence-corrected chi connectivity index (χ3v) is 5.19. The molecule has 0 saturated heterocycles. The first-order valence-electron chi connectivity index (χ1n) is 8.48. The molecule has 0 atom stereocenters. The van der Waals surface area contributed by atoms with Gasteiger partial charge in [-0.25, -0.2) is 22.9 Å². The summed E-state index contributed by atoms with van der Waals surface area (Å²) in [5.74, 6) is 1.06. The van der Waals surface area contributed by atoms with Crippen LogP contribution < -0.4 is 9.88 Å². The van der Waals surface area contributed by atoms with E-state index in [1.807, 2.05) is 0 Å². The van der Waals surface area contributed by atoms with E-state index in [2.05, 4.69) is 15.1 Å². The van der Waals surface area contributed by atoms with E-state index in [1.165, 1.54) is 6.07 Å². The summed E-state index contributed by atoms with van der Waals surface area (Å²) in [5, 5.41) is 9.01. The van der Waals surface area contributed by atoms with Crippen molar-refractivity contribution in [2.24, 2.45) is 5.14 Å². The Hall–Kier alpha value is -2.79. The molecule has 0 radical (unpaired) electrons. The molecule has 1 aliphatic rings. The second-order valence-corrected chi connectivity index (χ2v) is 8.08. The summed E-state index contributed by atoms with van der Waals surface area (Å²) in [5.41, 5.74) is 0.299. The van der Waals surface area contributed by atoms with Gasteiger partial charge in [-0.05, 0) is 30.5 Å². The number of aromatic nitrogens is 3. The van der Waals surface area contributed by atoms with Gasteiger partial charge in [0.05, 0.1) is 26.1 Å². The third-order valence-electron chi connectivity index (χ3n) is 4.28. The number of oxazole rings is 1. The van der Waals surface area contributed by atoms with Crippen molar-refractivity contribution in [2.75, 3.05) is 7.11 Å². The molecule has 28 heavy (non-hydrogen) atoms. The van der Waals surface area contributed by atoms with E-state index < -0.39 is 26.5 Å². The van der Waals surface area contributed by atoms with Crippen LogP contribution in [0, 0.1) is 5.82 Å². The van der Waals surface area contributed by atoms with Crippen molar-refractivity contribution < 1.29 is 26.5 Å². The molecule has 1 saturated carbocycles. The number of hydrogen-bond acceptors (Lipinski definition) is 8. The van der Waals surface area contributed by atoms with E-state index in [0.29, 0.717) is 29.5 Å². The Labute approximate surface area is 159 Å². The van der Waals surface area contributed by atoms with Gasteiger partial charge in [-0.15, -0.1) is 0 Å². The quantitative estimate of drug-likeness (QED) is 0.626. The zero-order valence-electron chi connectivity index (χ0n) is 14.9. The average molecular weight is 408 g/mol. The van der Waals surface area contributed by atoms with E-state index in [0.717, 1.165) is 31.9 Å². The average Bonchev–Trinajstić information content (AvgIpc) is 3.22. The maximum absolute atomic E-state index is 14.2. The SMILES string of the molecule is COc1c(F)cc(Cc2nc(Cc3cnc(C4CC4)o3)no2)cc1S(N)(=O)=O. The maximum atomic E-state index is 14.2. The molecule has 11 heteroatoms. The summed E-state index contributed by atoms with van der Waals surface area (Å²) < 4.78 is 53.2. The molecule has 3 aromatic rings. The molecule has 0 amide bonds. The van der Waals surface area contributed by atoms with Crippen molar-refractivity contribution in [3.8, 4) is 5.75 Å². The molecule has 0 bridgehead atoms. The number of hydrogen-bond donors (Lipinski definition) is 1. The van der Waals surface area contributed by atoms with Crippen molar-refractivity contribution in [1.82, 2.24) is 15.1 Å². The zero-order chi connectivity index (χ0) is 19.9. The molecule has 148 valence electrons. The minimum atomic E-state index is -4.17. The van der Waals surface area contributed by atoms with Crippen LogP contribution in [0.4, 0.5) is 4.39 Å². The van der Waals surface area contributed by atoms with Crippen LogP contribution in [0.5, 0.6) is 5.75 Å². The van der Waals surface area contributed by atoms with Crippen molar-refractivity contribution in [3.63, 3.8) is 0 Å². The number of halogens is 1. The van der Waals surface area contributed by atoms with Crippen molar-refractivity contribution in [2.45, 2.75) is 36.5 Å². The van der Waals surface area contributed by atoms with Gasteiger partial charge in [-0.1, -0.05) is 5.16 Å². The lowest BCUT2D eigenvalue weighted by Gasteiger charge is -2.09. The lowest BCUT2D eigenvalue weighted by atomic mass is 10.1. The summed E-state index contributed by atoms with van der Waals surface area (Å²) in [4.78, 5) is 8.02. The van der Waals surface area contributed by atoms with Gasteiger partial charge in [-0.2, -0.15) is 4.98 Å². The second kappa shape index (κ2) is 6.99. The number of nitrogens with two attached hydrogens (primary N) is 1. The molecular formula is C17H17FN4O5S. The lowest BCUT2D eigenvalue weighted by molar-refractivity contribution is 0.371. The van der Waals surface area contributed by atoms with Gasteiger partial charge in [0.1, 0.15) is 10.7 Å². The Kier molecular flexibility index (Phi) is 4.63. The summed E-state index contributed by atoms with van der Waals surface area (Å²) in [6, 6.07) is 2.36. The van der Waals surface area contributed by atoms with Crippen molar-refractivity contribution >= 4 is 10.0 Å².